The van der Waals surface area contributed by atoms with Gasteiger partial charge in [-0.1, -0.05) is 11.6 Å². The average Bonchev–Trinajstić information content (AvgIpc) is 2.71. The lowest BCUT2D eigenvalue weighted by molar-refractivity contribution is 0.767. The van der Waals surface area contributed by atoms with Crippen LogP contribution in [0.4, 0.5) is 11.4 Å². The van der Waals surface area contributed by atoms with Crippen molar-refractivity contribution in [3.63, 3.8) is 0 Å². The van der Waals surface area contributed by atoms with Crippen LogP contribution in [-0.2, 0) is 13.5 Å². The highest BCUT2D eigenvalue weighted by Gasteiger charge is 2.03. The minimum Gasteiger partial charge on any atom is -0.398 e. The van der Waals surface area contributed by atoms with E-state index >= 15 is 0 Å². The first-order valence-corrected chi connectivity index (χ1v) is 6.21. The lowest BCUT2D eigenvalue weighted by Gasteiger charge is -2.10. The molecule has 1 aromatic carbocycles. The Morgan fingerprint density at radius 1 is 1.44 bits per heavy atom. The van der Waals surface area contributed by atoms with Crippen LogP contribution in [0, 0.1) is 6.92 Å². The number of hydrogen-bond donors (Lipinski definition) is 2. The Morgan fingerprint density at radius 3 is 2.89 bits per heavy atom. The van der Waals surface area contributed by atoms with Gasteiger partial charge in [0, 0.05) is 25.5 Å². The minimum atomic E-state index is 0.587. The third kappa shape index (κ3) is 2.96. The molecule has 0 radical (unpaired) electrons. The fourth-order valence-corrected chi connectivity index (χ4v) is 2.00. The van der Waals surface area contributed by atoms with Crippen LogP contribution in [0.3, 0.4) is 0 Å². The van der Waals surface area contributed by atoms with Gasteiger partial charge in [0.1, 0.15) is 0 Å². The number of nitrogens with one attached hydrogen (secondary N) is 1. The number of nitrogens with two attached hydrogens (primary N) is 1. The average molecular weight is 265 g/mol. The fourth-order valence-electron chi connectivity index (χ4n) is 1.84. The highest BCUT2D eigenvalue weighted by Crippen LogP contribution is 2.26. The number of aryl methyl sites for hydroxylation is 2. The third-order valence-electron chi connectivity index (χ3n) is 2.83. The maximum Gasteiger partial charge on any atom is 0.0656 e. The quantitative estimate of drug-likeness (QED) is 0.835. The molecule has 2 rings (SSSR count). The van der Waals surface area contributed by atoms with E-state index in [9.17, 15) is 0 Å². The normalized spacial score (nSPS) is 10.6. The number of rotatable bonds is 4. The monoisotopic (exact) mass is 264 g/mol. The molecule has 96 valence electrons. The van der Waals surface area contributed by atoms with E-state index in [1.807, 2.05) is 38.5 Å². The molecule has 0 spiro atoms. The van der Waals surface area contributed by atoms with Gasteiger partial charge in [0.15, 0.2) is 0 Å². The number of anilines is 2. The van der Waals surface area contributed by atoms with Crippen molar-refractivity contribution >= 4 is 23.0 Å². The van der Waals surface area contributed by atoms with Gasteiger partial charge < -0.3 is 11.1 Å². The smallest absolute Gasteiger partial charge is 0.0656 e. The summed E-state index contributed by atoms with van der Waals surface area (Å²) in [5, 5.41) is 8.09. The number of hydrogen-bond acceptors (Lipinski definition) is 3. The van der Waals surface area contributed by atoms with Crippen LogP contribution in [0.15, 0.2) is 24.5 Å². The second-order valence-electron chi connectivity index (χ2n) is 4.39. The summed E-state index contributed by atoms with van der Waals surface area (Å²) in [5.41, 5.74) is 9.70. The molecule has 0 saturated heterocycles. The Bertz CT molecular complexity index is 548. The molecular weight excluding hydrogens is 248 g/mol. The zero-order valence-corrected chi connectivity index (χ0v) is 11.3. The van der Waals surface area contributed by atoms with Gasteiger partial charge in [-0.05, 0) is 36.6 Å². The molecule has 0 bridgehead atoms. The summed E-state index contributed by atoms with van der Waals surface area (Å²) in [6, 6.07) is 3.75. The summed E-state index contributed by atoms with van der Waals surface area (Å²) in [5.74, 6) is 0. The number of aromatic nitrogens is 2. The van der Waals surface area contributed by atoms with Crippen molar-refractivity contribution < 1.29 is 0 Å². The predicted octanol–water partition coefficient (Wildman–Crippen LogP) is 2.62. The zero-order chi connectivity index (χ0) is 13.1. The van der Waals surface area contributed by atoms with Crippen LogP contribution in [-0.4, -0.2) is 16.3 Å². The molecule has 4 nitrogen and oxygen atoms in total. The number of nitrogens with zero attached hydrogens (tertiary/aromatic N) is 2. The molecule has 18 heavy (non-hydrogen) atoms. The van der Waals surface area contributed by atoms with Gasteiger partial charge in [0.25, 0.3) is 0 Å². The third-order valence-corrected chi connectivity index (χ3v) is 3.16. The van der Waals surface area contributed by atoms with Crippen molar-refractivity contribution in [2.24, 2.45) is 7.05 Å². The Kier molecular flexibility index (Phi) is 3.77. The van der Waals surface area contributed by atoms with Gasteiger partial charge >= 0.3 is 0 Å². The molecular formula is C13H17ClN4. The molecule has 0 aliphatic rings. The summed E-state index contributed by atoms with van der Waals surface area (Å²) in [7, 11) is 1.92. The molecule has 0 saturated carbocycles. The molecule has 0 unspecified atom stereocenters. The highest BCUT2D eigenvalue weighted by molar-refractivity contribution is 6.33. The van der Waals surface area contributed by atoms with Crippen molar-refractivity contribution in [2.45, 2.75) is 13.3 Å². The molecule has 1 aromatic heterocycles. The van der Waals surface area contributed by atoms with Crippen LogP contribution in [0.2, 0.25) is 5.02 Å². The van der Waals surface area contributed by atoms with Gasteiger partial charge in [-0.3, -0.25) is 4.68 Å². The lowest BCUT2D eigenvalue weighted by Crippen LogP contribution is -2.06. The standard InChI is InChI=1S/C13H17ClN4/c1-9-5-12(15)11(14)6-13(9)16-4-3-10-7-17-18(2)8-10/h5-8,16H,3-4,15H2,1-2H3. The Morgan fingerprint density at radius 2 is 2.22 bits per heavy atom. The maximum atomic E-state index is 6.01. The van der Waals surface area contributed by atoms with E-state index in [0.29, 0.717) is 10.7 Å². The predicted molar refractivity (Wildman–Crippen MR) is 76.0 cm³/mol. The zero-order valence-electron chi connectivity index (χ0n) is 10.6. The Hall–Kier alpha value is -1.68. The lowest BCUT2D eigenvalue weighted by atomic mass is 10.1. The minimum absolute atomic E-state index is 0.587. The molecule has 0 atom stereocenters. The largest absolute Gasteiger partial charge is 0.398 e. The SMILES string of the molecule is Cc1cc(N)c(Cl)cc1NCCc1cnn(C)c1. The summed E-state index contributed by atoms with van der Waals surface area (Å²) >= 11 is 6.01. The summed E-state index contributed by atoms with van der Waals surface area (Å²) in [6.07, 6.45) is 4.82. The first-order chi connectivity index (χ1) is 8.56. The second kappa shape index (κ2) is 5.31. The first-order valence-electron chi connectivity index (χ1n) is 5.83. The molecule has 0 amide bonds. The van der Waals surface area contributed by atoms with E-state index in [4.69, 9.17) is 17.3 Å². The van der Waals surface area contributed by atoms with Crippen molar-refractivity contribution in [3.8, 4) is 0 Å². The van der Waals surface area contributed by atoms with Crippen molar-refractivity contribution in [1.29, 1.82) is 0 Å². The van der Waals surface area contributed by atoms with Crippen LogP contribution >= 0.6 is 11.6 Å². The molecule has 2 aromatic rings. The van der Waals surface area contributed by atoms with Gasteiger partial charge in [0.05, 0.1) is 16.9 Å². The van der Waals surface area contributed by atoms with Crippen LogP contribution in [0.25, 0.3) is 0 Å². The van der Waals surface area contributed by atoms with E-state index in [0.717, 1.165) is 24.2 Å². The number of halogens is 1. The van der Waals surface area contributed by atoms with Gasteiger partial charge in [-0.15, -0.1) is 0 Å². The molecule has 3 N–H and O–H groups in total. The van der Waals surface area contributed by atoms with Crippen LogP contribution in [0.1, 0.15) is 11.1 Å². The molecule has 0 aliphatic heterocycles. The van der Waals surface area contributed by atoms with Crippen molar-refractivity contribution in [2.75, 3.05) is 17.6 Å². The molecule has 0 aliphatic carbocycles. The van der Waals surface area contributed by atoms with E-state index in [2.05, 4.69) is 10.4 Å². The van der Waals surface area contributed by atoms with E-state index in [1.54, 1.807) is 4.68 Å². The van der Waals surface area contributed by atoms with Crippen molar-refractivity contribution in [3.05, 3.63) is 40.7 Å². The van der Waals surface area contributed by atoms with Gasteiger partial charge in [-0.25, -0.2) is 0 Å². The van der Waals surface area contributed by atoms with Gasteiger partial charge in [0.2, 0.25) is 0 Å². The van der Waals surface area contributed by atoms with Crippen LogP contribution < -0.4 is 11.1 Å². The summed E-state index contributed by atoms with van der Waals surface area (Å²) in [6.45, 7) is 2.85. The van der Waals surface area contributed by atoms with Gasteiger partial charge in [-0.2, -0.15) is 5.10 Å². The number of nitrogen functional groups attached to an aromatic ring is 1. The van der Waals surface area contributed by atoms with Crippen molar-refractivity contribution in [1.82, 2.24) is 9.78 Å². The van der Waals surface area contributed by atoms with Crippen LogP contribution in [0.5, 0.6) is 0 Å². The maximum absolute atomic E-state index is 6.01. The topological polar surface area (TPSA) is 55.9 Å². The molecule has 0 fully saturated rings. The first kappa shape index (κ1) is 12.8. The van der Waals surface area contributed by atoms with E-state index in [1.165, 1.54) is 5.56 Å². The summed E-state index contributed by atoms with van der Waals surface area (Å²) < 4.78 is 1.81. The Balaban J connectivity index is 1.96. The Labute approximate surface area is 112 Å². The summed E-state index contributed by atoms with van der Waals surface area (Å²) in [4.78, 5) is 0. The molecule has 1 heterocycles. The highest BCUT2D eigenvalue weighted by atomic mass is 35.5. The van der Waals surface area contributed by atoms with E-state index < -0.39 is 0 Å². The molecule has 5 heteroatoms. The fraction of sp³-hybridized carbons (Fsp3) is 0.308. The van der Waals surface area contributed by atoms with E-state index in [-0.39, 0.29) is 0 Å². The number of benzene rings is 1. The second-order valence-corrected chi connectivity index (χ2v) is 4.79.